The van der Waals surface area contributed by atoms with Gasteiger partial charge < -0.3 is 10.1 Å². The third-order valence-corrected chi connectivity index (χ3v) is 4.32. The largest absolute Gasteiger partial charge is 0.390 e. The zero-order valence-corrected chi connectivity index (χ0v) is 11.7. The highest BCUT2D eigenvalue weighted by Crippen LogP contribution is 2.21. The van der Waals surface area contributed by atoms with E-state index in [-0.39, 0.29) is 6.10 Å². The second-order valence-electron chi connectivity index (χ2n) is 5.94. The number of nitrogens with one attached hydrogen (secondary N) is 1. The number of hydrogen-bond donors (Lipinski definition) is 2. The van der Waals surface area contributed by atoms with Crippen molar-refractivity contribution in [3.05, 3.63) is 17.7 Å². The maximum Gasteiger partial charge on any atom is 0.120 e. The van der Waals surface area contributed by atoms with Gasteiger partial charge in [-0.15, -0.1) is 0 Å². The minimum absolute atomic E-state index is 0.214. The molecule has 0 radical (unpaired) electrons. The first-order chi connectivity index (χ1) is 9.22. The van der Waals surface area contributed by atoms with E-state index in [1.807, 2.05) is 13.1 Å². The lowest BCUT2D eigenvalue weighted by atomic mass is 10.1. The monoisotopic (exact) mass is 264 g/mol. The summed E-state index contributed by atoms with van der Waals surface area (Å²) in [6.45, 7) is 6.85. The highest BCUT2D eigenvalue weighted by atomic mass is 16.3. The first kappa shape index (κ1) is 13.1. The van der Waals surface area contributed by atoms with Gasteiger partial charge in [0, 0.05) is 31.0 Å². The molecule has 0 saturated carbocycles. The maximum absolute atomic E-state index is 10.3. The van der Waals surface area contributed by atoms with Crippen molar-refractivity contribution in [2.24, 2.45) is 0 Å². The Bertz CT molecular complexity index is 413. The second-order valence-corrected chi connectivity index (χ2v) is 5.94. The van der Waals surface area contributed by atoms with Gasteiger partial charge in [-0.1, -0.05) is 6.42 Å². The first-order valence-corrected chi connectivity index (χ1v) is 7.37. The Morgan fingerprint density at radius 2 is 2.11 bits per heavy atom. The van der Waals surface area contributed by atoms with Crippen molar-refractivity contribution < 1.29 is 5.11 Å². The Balaban J connectivity index is 1.58. The molecule has 0 amide bonds. The van der Waals surface area contributed by atoms with Crippen LogP contribution in [0.1, 0.15) is 30.8 Å². The maximum atomic E-state index is 10.3. The molecule has 0 bridgehead atoms. The first-order valence-electron chi connectivity index (χ1n) is 7.37. The molecule has 5 nitrogen and oxygen atoms in total. The highest BCUT2D eigenvalue weighted by Gasteiger charge is 2.35. The Morgan fingerprint density at radius 1 is 1.32 bits per heavy atom. The molecule has 2 fully saturated rings. The van der Waals surface area contributed by atoms with Gasteiger partial charge in [0.15, 0.2) is 0 Å². The van der Waals surface area contributed by atoms with Crippen LogP contribution in [0.3, 0.4) is 0 Å². The molecular formula is C14H24N4O. The van der Waals surface area contributed by atoms with Gasteiger partial charge in [0.05, 0.1) is 12.6 Å². The average molecular weight is 264 g/mol. The molecule has 3 heterocycles. The van der Waals surface area contributed by atoms with Crippen LogP contribution >= 0.6 is 0 Å². The number of aromatic amines is 1. The van der Waals surface area contributed by atoms with Crippen molar-refractivity contribution >= 4 is 0 Å². The molecular weight excluding hydrogens is 240 g/mol. The van der Waals surface area contributed by atoms with Crippen molar-refractivity contribution in [1.82, 2.24) is 19.8 Å². The number of likely N-dealkylation sites (tertiary alicyclic amines) is 2. The number of rotatable bonds is 3. The Morgan fingerprint density at radius 3 is 2.79 bits per heavy atom. The average Bonchev–Trinajstić information content (AvgIpc) is 2.97. The number of aryl methyl sites for hydroxylation is 1. The van der Waals surface area contributed by atoms with Gasteiger partial charge in [-0.25, -0.2) is 4.98 Å². The molecule has 1 aromatic rings. The lowest BCUT2D eigenvalue weighted by Gasteiger charge is -2.33. The Hall–Kier alpha value is -0.910. The highest BCUT2D eigenvalue weighted by molar-refractivity contribution is 5.00. The zero-order chi connectivity index (χ0) is 13.2. The Kier molecular flexibility index (Phi) is 3.86. The van der Waals surface area contributed by atoms with Crippen LogP contribution in [0.2, 0.25) is 0 Å². The van der Waals surface area contributed by atoms with Gasteiger partial charge in [0.2, 0.25) is 0 Å². The number of H-pyrrole nitrogens is 1. The van der Waals surface area contributed by atoms with E-state index in [0.717, 1.165) is 44.2 Å². The third kappa shape index (κ3) is 2.99. The van der Waals surface area contributed by atoms with Gasteiger partial charge in [-0.3, -0.25) is 9.80 Å². The lowest BCUT2D eigenvalue weighted by molar-refractivity contribution is 0.0706. The SMILES string of the molecule is Cc1cnc(CN2C[C@H](O)[C@@H](N3CCCCC3)C2)[nH]1. The van der Waals surface area contributed by atoms with E-state index in [0.29, 0.717) is 6.04 Å². The van der Waals surface area contributed by atoms with E-state index >= 15 is 0 Å². The number of piperidine rings is 1. The van der Waals surface area contributed by atoms with Crippen LogP contribution in [0.15, 0.2) is 6.20 Å². The molecule has 2 saturated heterocycles. The van der Waals surface area contributed by atoms with E-state index < -0.39 is 0 Å². The van der Waals surface area contributed by atoms with Crippen molar-refractivity contribution in [2.75, 3.05) is 26.2 Å². The Labute approximate surface area is 114 Å². The summed E-state index contributed by atoms with van der Waals surface area (Å²) in [5.74, 6) is 1.00. The van der Waals surface area contributed by atoms with Gasteiger partial charge >= 0.3 is 0 Å². The van der Waals surface area contributed by atoms with Gasteiger partial charge in [0.1, 0.15) is 5.82 Å². The molecule has 2 atom stereocenters. The summed E-state index contributed by atoms with van der Waals surface area (Å²) in [6, 6.07) is 0.316. The lowest BCUT2D eigenvalue weighted by Crippen LogP contribution is -2.45. The van der Waals surface area contributed by atoms with Gasteiger partial charge in [-0.2, -0.15) is 0 Å². The standard InChI is InChI=1S/C14H24N4O/c1-11-7-15-14(16-11)10-17-8-12(13(19)9-17)18-5-3-2-4-6-18/h7,12-13,19H,2-6,8-10H2,1H3,(H,15,16)/t12-,13-/m0/s1. The number of aromatic nitrogens is 2. The van der Waals surface area contributed by atoms with Crippen LogP contribution in [0, 0.1) is 6.92 Å². The van der Waals surface area contributed by atoms with Crippen molar-refractivity contribution in [3.8, 4) is 0 Å². The molecule has 2 aliphatic heterocycles. The molecule has 1 aromatic heterocycles. The second kappa shape index (κ2) is 5.61. The van der Waals surface area contributed by atoms with Crippen LogP contribution in [0.25, 0.3) is 0 Å². The molecule has 2 aliphatic rings. The number of hydrogen-bond acceptors (Lipinski definition) is 4. The van der Waals surface area contributed by atoms with Crippen LogP contribution in [0.4, 0.5) is 0 Å². The van der Waals surface area contributed by atoms with E-state index in [9.17, 15) is 5.11 Å². The minimum atomic E-state index is -0.214. The van der Waals surface area contributed by atoms with E-state index in [2.05, 4.69) is 19.8 Å². The van der Waals surface area contributed by atoms with Crippen LogP contribution < -0.4 is 0 Å². The summed E-state index contributed by atoms with van der Waals surface area (Å²) >= 11 is 0. The fourth-order valence-corrected chi connectivity index (χ4v) is 3.34. The molecule has 106 valence electrons. The number of nitrogens with zero attached hydrogens (tertiary/aromatic N) is 3. The molecule has 3 rings (SSSR count). The minimum Gasteiger partial charge on any atom is -0.390 e. The molecule has 2 N–H and O–H groups in total. The van der Waals surface area contributed by atoms with E-state index in [1.165, 1.54) is 19.3 Å². The molecule has 0 aromatic carbocycles. The smallest absolute Gasteiger partial charge is 0.120 e. The molecule has 0 unspecified atom stereocenters. The fraction of sp³-hybridized carbons (Fsp3) is 0.786. The van der Waals surface area contributed by atoms with E-state index in [4.69, 9.17) is 0 Å². The zero-order valence-electron chi connectivity index (χ0n) is 11.7. The number of aliphatic hydroxyl groups is 1. The van der Waals surface area contributed by atoms with Crippen LogP contribution in [-0.4, -0.2) is 63.2 Å². The van der Waals surface area contributed by atoms with Crippen LogP contribution in [-0.2, 0) is 6.54 Å². The number of aliphatic hydroxyl groups excluding tert-OH is 1. The van der Waals surface area contributed by atoms with E-state index in [1.54, 1.807) is 0 Å². The number of imidazole rings is 1. The van der Waals surface area contributed by atoms with Crippen LogP contribution in [0.5, 0.6) is 0 Å². The summed E-state index contributed by atoms with van der Waals surface area (Å²) in [5.41, 5.74) is 1.10. The van der Waals surface area contributed by atoms with Crippen molar-refractivity contribution in [2.45, 2.75) is 44.9 Å². The van der Waals surface area contributed by atoms with Gasteiger partial charge in [-0.05, 0) is 32.9 Å². The molecule has 0 spiro atoms. The molecule has 19 heavy (non-hydrogen) atoms. The van der Waals surface area contributed by atoms with Gasteiger partial charge in [0.25, 0.3) is 0 Å². The topological polar surface area (TPSA) is 55.4 Å². The normalized spacial score (nSPS) is 30.0. The predicted molar refractivity (Wildman–Crippen MR) is 73.8 cm³/mol. The quantitative estimate of drug-likeness (QED) is 0.846. The number of β-amino-alcohol motifs (C(OH)–C–C–N with tert-alkyl or cyclic N) is 1. The van der Waals surface area contributed by atoms with Crippen molar-refractivity contribution in [1.29, 1.82) is 0 Å². The molecule has 0 aliphatic carbocycles. The summed E-state index contributed by atoms with van der Waals surface area (Å²) in [7, 11) is 0. The summed E-state index contributed by atoms with van der Waals surface area (Å²) in [5, 5.41) is 10.3. The third-order valence-electron chi connectivity index (χ3n) is 4.32. The summed E-state index contributed by atoms with van der Waals surface area (Å²) < 4.78 is 0. The fourth-order valence-electron chi connectivity index (χ4n) is 3.34. The van der Waals surface area contributed by atoms with Crippen molar-refractivity contribution in [3.63, 3.8) is 0 Å². The molecule has 5 heteroatoms. The predicted octanol–water partition coefficient (Wildman–Crippen LogP) is 0.749. The summed E-state index contributed by atoms with van der Waals surface area (Å²) in [4.78, 5) is 12.4. The summed E-state index contributed by atoms with van der Waals surface area (Å²) in [6.07, 6.45) is 5.55.